The highest BCUT2D eigenvalue weighted by Gasteiger charge is 2.31. The lowest BCUT2D eigenvalue weighted by atomic mass is 10.2. The molecule has 1 fully saturated rings. The normalized spacial score (nSPS) is 15.6. The van der Waals surface area contributed by atoms with Crippen molar-refractivity contribution in [3.05, 3.63) is 46.2 Å². The number of morpholine rings is 1. The maximum atomic E-state index is 12.8. The highest BCUT2D eigenvalue weighted by atomic mass is 32.2. The first-order valence-corrected chi connectivity index (χ1v) is 10.4. The summed E-state index contributed by atoms with van der Waals surface area (Å²) in [5, 5.41) is 4.40. The van der Waals surface area contributed by atoms with Gasteiger partial charge in [0.1, 0.15) is 15.5 Å². The predicted octanol–water partition coefficient (Wildman–Crippen LogP) is 1.71. The fraction of sp³-hybridized carbons (Fsp3) is 0.353. The van der Waals surface area contributed by atoms with Crippen molar-refractivity contribution in [3.8, 4) is 5.75 Å². The Balaban J connectivity index is 1.73. The van der Waals surface area contributed by atoms with Crippen LogP contribution in [0.5, 0.6) is 5.75 Å². The van der Waals surface area contributed by atoms with E-state index in [1.54, 1.807) is 12.5 Å². The molecule has 140 valence electrons. The Bertz CT molecular complexity index is 873. The van der Waals surface area contributed by atoms with Crippen molar-refractivity contribution < 1.29 is 22.7 Å². The molecule has 1 amide bonds. The van der Waals surface area contributed by atoms with E-state index in [1.165, 1.54) is 10.4 Å². The highest BCUT2D eigenvalue weighted by molar-refractivity contribution is 7.89. The van der Waals surface area contributed by atoms with E-state index in [4.69, 9.17) is 9.47 Å². The first kappa shape index (κ1) is 18.8. The van der Waals surface area contributed by atoms with Crippen molar-refractivity contribution in [2.45, 2.75) is 11.4 Å². The number of sulfonamides is 1. The van der Waals surface area contributed by atoms with E-state index in [2.05, 4.69) is 5.32 Å². The number of hydrogen-bond donors (Lipinski definition) is 1. The van der Waals surface area contributed by atoms with E-state index in [0.29, 0.717) is 32.1 Å². The molecule has 3 rings (SSSR count). The second-order valence-corrected chi connectivity index (χ2v) is 8.49. The van der Waals surface area contributed by atoms with E-state index in [9.17, 15) is 13.2 Å². The van der Waals surface area contributed by atoms with Gasteiger partial charge < -0.3 is 14.8 Å². The molecule has 0 bridgehead atoms. The summed E-state index contributed by atoms with van der Waals surface area (Å²) in [7, 11) is -2.13. The summed E-state index contributed by atoms with van der Waals surface area (Å²) in [5.41, 5.74) is 0.867. The SMILES string of the molecule is COc1cccc(CNC(=O)c2sccc2S(=O)(=O)N2CCOCC2)c1. The zero-order valence-electron chi connectivity index (χ0n) is 14.3. The van der Waals surface area contributed by atoms with Crippen molar-refractivity contribution >= 4 is 27.3 Å². The lowest BCUT2D eigenvalue weighted by molar-refractivity contribution is 0.0730. The number of hydrogen-bond acceptors (Lipinski definition) is 6. The predicted molar refractivity (Wildman–Crippen MR) is 98.1 cm³/mol. The molecule has 9 heteroatoms. The molecule has 0 saturated carbocycles. The van der Waals surface area contributed by atoms with Crippen molar-refractivity contribution in [1.29, 1.82) is 0 Å². The van der Waals surface area contributed by atoms with E-state index in [0.717, 1.165) is 16.9 Å². The van der Waals surface area contributed by atoms with Gasteiger partial charge in [0.05, 0.1) is 20.3 Å². The summed E-state index contributed by atoms with van der Waals surface area (Å²) >= 11 is 1.12. The molecule has 0 radical (unpaired) electrons. The van der Waals surface area contributed by atoms with Gasteiger partial charge >= 0.3 is 0 Å². The molecule has 1 aromatic carbocycles. The first-order valence-electron chi connectivity index (χ1n) is 8.09. The van der Waals surface area contributed by atoms with Gasteiger partial charge in [-0.2, -0.15) is 4.31 Å². The van der Waals surface area contributed by atoms with Crippen LogP contribution in [0.1, 0.15) is 15.2 Å². The molecule has 2 aromatic rings. The van der Waals surface area contributed by atoms with Crippen LogP contribution in [0.15, 0.2) is 40.6 Å². The maximum Gasteiger partial charge on any atom is 0.263 e. The standard InChI is InChI=1S/C17H20N2O5S2/c1-23-14-4-2-3-13(11-14)12-18-17(20)16-15(5-10-25-16)26(21,22)19-6-8-24-9-7-19/h2-5,10-11H,6-9,12H2,1H3,(H,18,20). The Hall–Kier alpha value is -1.94. The van der Waals surface area contributed by atoms with Crippen LogP contribution in [0, 0.1) is 0 Å². The molecule has 7 nitrogen and oxygen atoms in total. The van der Waals surface area contributed by atoms with Crippen molar-refractivity contribution in [1.82, 2.24) is 9.62 Å². The molecule has 0 aliphatic carbocycles. The van der Waals surface area contributed by atoms with Gasteiger partial charge in [-0.25, -0.2) is 8.42 Å². The number of thiophene rings is 1. The average molecular weight is 396 g/mol. The molecule has 1 N–H and O–H groups in total. The zero-order chi connectivity index (χ0) is 18.6. The number of rotatable bonds is 6. The summed E-state index contributed by atoms with van der Waals surface area (Å²) in [6.07, 6.45) is 0. The molecule has 2 heterocycles. The number of nitrogens with zero attached hydrogens (tertiary/aromatic N) is 1. The minimum atomic E-state index is -3.71. The molecular weight excluding hydrogens is 376 g/mol. The Morgan fingerprint density at radius 3 is 2.81 bits per heavy atom. The molecule has 1 aliphatic rings. The Kier molecular flexibility index (Phi) is 5.92. The van der Waals surface area contributed by atoms with Crippen LogP contribution in [0.25, 0.3) is 0 Å². The third-order valence-corrected chi connectivity index (χ3v) is 6.99. The van der Waals surface area contributed by atoms with Crippen LogP contribution in [0.2, 0.25) is 0 Å². The van der Waals surface area contributed by atoms with Gasteiger partial charge in [-0.15, -0.1) is 11.3 Å². The van der Waals surface area contributed by atoms with Crippen molar-refractivity contribution in [2.75, 3.05) is 33.4 Å². The van der Waals surface area contributed by atoms with Gasteiger partial charge in [0, 0.05) is 19.6 Å². The minimum Gasteiger partial charge on any atom is -0.497 e. The molecule has 0 atom stereocenters. The number of carbonyl (C=O) groups is 1. The number of carbonyl (C=O) groups excluding carboxylic acids is 1. The summed E-state index contributed by atoms with van der Waals surface area (Å²) in [5.74, 6) is 0.290. The van der Waals surface area contributed by atoms with Gasteiger partial charge in [0.25, 0.3) is 5.91 Å². The number of benzene rings is 1. The molecule has 0 unspecified atom stereocenters. The van der Waals surface area contributed by atoms with Gasteiger partial charge in [-0.3, -0.25) is 4.79 Å². The number of methoxy groups -OCH3 is 1. The van der Waals surface area contributed by atoms with Crippen LogP contribution in [-0.4, -0.2) is 52.0 Å². The molecule has 1 aliphatic heterocycles. The largest absolute Gasteiger partial charge is 0.497 e. The Morgan fingerprint density at radius 1 is 1.31 bits per heavy atom. The highest BCUT2D eigenvalue weighted by Crippen LogP contribution is 2.26. The Morgan fingerprint density at radius 2 is 2.08 bits per heavy atom. The fourth-order valence-electron chi connectivity index (χ4n) is 2.64. The topological polar surface area (TPSA) is 84.9 Å². The van der Waals surface area contributed by atoms with Gasteiger partial charge in [0.2, 0.25) is 10.0 Å². The first-order chi connectivity index (χ1) is 12.5. The van der Waals surface area contributed by atoms with Gasteiger partial charge in [-0.1, -0.05) is 12.1 Å². The quantitative estimate of drug-likeness (QED) is 0.804. The summed E-state index contributed by atoms with van der Waals surface area (Å²) in [6, 6.07) is 8.82. The Labute approximate surface area is 156 Å². The lowest BCUT2D eigenvalue weighted by Gasteiger charge is -2.26. The second kappa shape index (κ2) is 8.17. The van der Waals surface area contributed by atoms with E-state index in [1.807, 2.05) is 24.3 Å². The van der Waals surface area contributed by atoms with Gasteiger partial charge in [0.15, 0.2) is 0 Å². The zero-order valence-corrected chi connectivity index (χ0v) is 15.9. The van der Waals surface area contributed by atoms with Crippen LogP contribution < -0.4 is 10.1 Å². The van der Waals surface area contributed by atoms with Crippen LogP contribution in [0.4, 0.5) is 0 Å². The van der Waals surface area contributed by atoms with E-state index >= 15 is 0 Å². The van der Waals surface area contributed by atoms with Crippen LogP contribution >= 0.6 is 11.3 Å². The summed E-state index contributed by atoms with van der Waals surface area (Å²) < 4.78 is 37.3. The van der Waals surface area contributed by atoms with Crippen molar-refractivity contribution in [3.63, 3.8) is 0 Å². The molecule has 0 spiro atoms. The lowest BCUT2D eigenvalue weighted by Crippen LogP contribution is -2.41. The maximum absolute atomic E-state index is 12.8. The molecule has 1 saturated heterocycles. The third-order valence-electron chi connectivity index (χ3n) is 4.01. The minimum absolute atomic E-state index is 0.0487. The smallest absolute Gasteiger partial charge is 0.263 e. The molecule has 1 aromatic heterocycles. The van der Waals surface area contributed by atoms with E-state index < -0.39 is 15.9 Å². The number of ether oxygens (including phenoxy) is 2. The van der Waals surface area contributed by atoms with Crippen LogP contribution in [0.3, 0.4) is 0 Å². The number of amides is 1. The van der Waals surface area contributed by atoms with Crippen molar-refractivity contribution in [2.24, 2.45) is 0 Å². The second-order valence-electron chi connectivity index (χ2n) is 5.66. The fourth-order valence-corrected chi connectivity index (χ4v) is 5.36. The summed E-state index contributed by atoms with van der Waals surface area (Å²) in [6.45, 7) is 1.60. The molecule has 26 heavy (non-hydrogen) atoms. The summed E-state index contributed by atoms with van der Waals surface area (Å²) in [4.78, 5) is 12.8. The molecular formula is C17H20N2O5S2. The van der Waals surface area contributed by atoms with Gasteiger partial charge in [-0.05, 0) is 29.1 Å². The monoisotopic (exact) mass is 396 g/mol. The van der Waals surface area contributed by atoms with E-state index in [-0.39, 0.29) is 16.3 Å². The average Bonchev–Trinajstić information content (AvgIpc) is 3.18. The van der Waals surface area contributed by atoms with Crippen LogP contribution in [-0.2, 0) is 21.3 Å². The number of nitrogens with one attached hydrogen (secondary N) is 1. The third kappa shape index (κ3) is 4.07.